The van der Waals surface area contributed by atoms with Crippen LogP contribution in [0.3, 0.4) is 0 Å². The van der Waals surface area contributed by atoms with E-state index >= 15 is 0 Å². The van der Waals surface area contributed by atoms with Gasteiger partial charge in [-0.2, -0.15) is 0 Å². The zero-order chi connectivity index (χ0) is 14.7. The third-order valence-corrected chi connectivity index (χ3v) is 3.39. The van der Waals surface area contributed by atoms with Crippen molar-refractivity contribution in [1.29, 1.82) is 0 Å². The molecule has 0 saturated carbocycles. The molecule has 0 unspecified atom stereocenters. The highest BCUT2D eigenvalue weighted by atomic mass is 79.9. The van der Waals surface area contributed by atoms with Crippen LogP contribution in [0.4, 0.5) is 26.1 Å². The molecule has 1 aromatic heterocycles. The average Bonchev–Trinajstić information content (AvgIpc) is 2.40. The summed E-state index contributed by atoms with van der Waals surface area (Å²) >= 11 is 3.33. The van der Waals surface area contributed by atoms with Gasteiger partial charge in [-0.25, -0.2) is 18.7 Å². The van der Waals surface area contributed by atoms with E-state index in [0.717, 1.165) is 12.1 Å². The summed E-state index contributed by atoms with van der Waals surface area (Å²) in [4.78, 5) is 8.06. The van der Waals surface area contributed by atoms with E-state index in [4.69, 9.17) is 0 Å². The summed E-state index contributed by atoms with van der Waals surface area (Å²) in [5, 5.41) is 5.79. The van der Waals surface area contributed by atoms with Crippen LogP contribution in [-0.4, -0.2) is 16.5 Å². The molecule has 0 spiro atoms. The van der Waals surface area contributed by atoms with Crippen molar-refractivity contribution >= 4 is 33.3 Å². The van der Waals surface area contributed by atoms with Crippen molar-refractivity contribution < 1.29 is 8.78 Å². The highest BCUT2D eigenvalue weighted by molar-refractivity contribution is 9.10. The Morgan fingerprint density at radius 3 is 2.55 bits per heavy atom. The molecule has 20 heavy (non-hydrogen) atoms. The summed E-state index contributed by atoms with van der Waals surface area (Å²) in [6.45, 7) is 4.12. The van der Waals surface area contributed by atoms with Gasteiger partial charge in [0.2, 0.25) is 0 Å². The smallest absolute Gasteiger partial charge is 0.150 e. The van der Waals surface area contributed by atoms with Crippen LogP contribution in [-0.2, 0) is 0 Å². The molecule has 0 amide bonds. The molecule has 0 aliphatic rings. The van der Waals surface area contributed by atoms with Crippen LogP contribution in [0.15, 0.2) is 22.9 Å². The Kier molecular flexibility index (Phi) is 4.49. The fourth-order valence-electron chi connectivity index (χ4n) is 1.62. The zero-order valence-electron chi connectivity index (χ0n) is 11.0. The number of rotatable bonds is 4. The summed E-state index contributed by atoms with van der Waals surface area (Å²) in [5.41, 5.74) is 0.276. The monoisotopic (exact) mass is 342 g/mol. The summed E-state index contributed by atoms with van der Waals surface area (Å²) < 4.78 is 27.8. The van der Waals surface area contributed by atoms with E-state index < -0.39 is 11.6 Å². The first kappa shape index (κ1) is 14.6. The van der Waals surface area contributed by atoms with Crippen molar-refractivity contribution in [2.75, 3.05) is 17.2 Å². The van der Waals surface area contributed by atoms with Gasteiger partial charge in [0.15, 0.2) is 0 Å². The molecule has 4 nitrogen and oxygen atoms in total. The van der Waals surface area contributed by atoms with Crippen LogP contribution < -0.4 is 10.6 Å². The normalized spacial score (nSPS) is 10.4. The lowest BCUT2D eigenvalue weighted by atomic mass is 10.2. The van der Waals surface area contributed by atoms with Crippen molar-refractivity contribution in [2.24, 2.45) is 0 Å². The van der Waals surface area contributed by atoms with Crippen molar-refractivity contribution in [2.45, 2.75) is 13.8 Å². The Bertz CT molecular complexity index is 634. The Hall–Kier alpha value is -1.76. The second-order valence-corrected chi connectivity index (χ2v) is 4.91. The van der Waals surface area contributed by atoms with E-state index in [0.29, 0.717) is 22.7 Å². The van der Waals surface area contributed by atoms with Crippen molar-refractivity contribution in [1.82, 2.24) is 9.97 Å². The highest BCUT2D eigenvalue weighted by Crippen LogP contribution is 2.30. The SMILES string of the molecule is CCNc1ncnc(Nc2cc(F)c(C)cc2F)c1Br. The third-order valence-electron chi connectivity index (χ3n) is 2.64. The Morgan fingerprint density at radius 1 is 1.15 bits per heavy atom. The average molecular weight is 343 g/mol. The van der Waals surface area contributed by atoms with Gasteiger partial charge >= 0.3 is 0 Å². The lowest BCUT2D eigenvalue weighted by Crippen LogP contribution is -2.04. The first-order chi connectivity index (χ1) is 9.52. The van der Waals surface area contributed by atoms with Gasteiger partial charge in [0.05, 0.1) is 5.69 Å². The van der Waals surface area contributed by atoms with Crippen LogP contribution in [0.25, 0.3) is 0 Å². The molecule has 0 aliphatic heterocycles. The van der Waals surface area contributed by atoms with Crippen LogP contribution >= 0.6 is 15.9 Å². The molecule has 0 radical (unpaired) electrons. The van der Waals surface area contributed by atoms with Crippen molar-refractivity contribution in [3.63, 3.8) is 0 Å². The molecule has 1 heterocycles. The molecular formula is C13H13BrF2N4. The molecule has 2 N–H and O–H groups in total. The van der Waals surface area contributed by atoms with E-state index in [9.17, 15) is 8.78 Å². The molecule has 0 bridgehead atoms. The first-order valence-electron chi connectivity index (χ1n) is 6.00. The number of nitrogens with one attached hydrogen (secondary N) is 2. The molecular weight excluding hydrogens is 330 g/mol. The predicted molar refractivity (Wildman–Crippen MR) is 78.3 cm³/mol. The molecule has 0 saturated heterocycles. The molecule has 1 aromatic carbocycles. The number of hydrogen-bond acceptors (Lipinski definition) is 4. The van der Waals surface area contributed by atoms with Crippen LogP contribution in [0, 0.1) is 18.6 Å². The highest BCUT2D eigenvalue weighted by Gasteiger charge is 2.12. The van der Waals surface area contributed by atoms with Gasteiger partial charge in [0.25, 0.3) is 0 Å². The number of benzene rings is 1. The summed E-state index contributed by atoms with van der Waals surface area (Å²) in [7, 11) is 0. The summed E-state index contributed by atoms with van der Waals surface area (Å²) in [5.74, 6) is -0.0820. The molecule has 0 atom stereocenters. The standard InChI is InChI=1S/C13H13BrF2N4/c1-3-17-12-11(14)13(19-6-18-12)20-10-5-8(15)7(2)4-9(10)16/h4-6H,3H2,1-2H3,(H2,17,18,19,20). The second-order valence-electron chi connectivity index (χ2n) is 4.12. The van der Waals surface area contributed by atoms with Gasteiger partial charge < -0.3 is 10.6 Å². The maximum absolute atomic E-state index is 13.8. The fourth-order valence-corrected chi connectivity index (χ4v) is 2.06. The van der Waals surface area contributed by atoms with Gasteiger partial charge in [0.1, 0.15) is 34.1 Å². The van der Waals surface area contributed by atoms with Gasteiger partial charge in [-0.05, 0) is 41.4 Å². The Labute approximate surface area is 123 Å². The minimum atomic E-state index is -0.542. The van der Waals surface area contributed by atoms with Gasteiger partial charge in [-0.15, -0.1) is 0 Å². The number of aryl methyl sites for hydroxylation is 1. The van der Waals surface area contributed by atoms with Gasteiger partial charge in [-0.1, -0.05) is 0 Å². The van der Waals surface area contributed by atoms with Crippen molar-refractivity contribution in [3.8, 4) is 0 Å². The number of hydrogen-bond donors (Lipinski definition) is 2. The lowest BCUT2D eigenvalue weighted by molar-refractivity contribution is 0.595. The summed E-state index contributed by atoms with van der Waals surface area (Å²) in [6.07, 6.45) is 1.34. The maximum atomic E-state index is 13.8. The third kappa shape index (κ3) is 3.04. The number of halogens is 3. The summed E-state index contributed by atoms with van der Waals surface area (Å²) in [6, 6.07) is 2.24. The number of nitrogens with zero attached hydrogens (tertiary/aromatic N) is 2. The quantitative estimate of drug-likeness (QED) is 0.881. The van der Waals surface area contributed by atoms with Gasteiger partial charge in [0, 0.05) is 12.6 Å². The van der Waals surface area contributed by atoms with Crippen LogP contribution in [0.2, 0.25) is 0 Å². The fraction of sp³-hybridized carbons (Fsp3) is 0.231. The molecule has 7 heteroatoms. The predicted octanol–water partition coefficient (Wildman–Crippen LogP) is 4.00. The Balaban J connectivity index is 2.35. The minimum absolute atomic E-state index is 0.0231. The van der Waals surface area contributed by atoms with E-state index in [1.165, 1.54) is 13.3 Å². The van der Waals surface area contributed by atoms with Crippen LogP contribution in [0.5, 0.6) is 0 Å². The van der Waals surface area contributed by atoms with Crippen molar-refractivity contribution in [3.05, 3.63) is 40.1 Å². The topological polar surface area (TPSA) is 49.8 Å². The molecule has 2 rings (SSSR count). The molecule has 106 valence electrons. The van der Waals surface area contributed by atoms with E-state index in [1.54, 1.807) is 0 Å². The lowest BCUT2D eigenvalue weighted by Gasteiger charge is -2.12. The number of aromatic nitrogens is 2. The van der Waals surface area contributed by atoms with Crippen LogP contribution in [0.1, 0.15) is 12.5 Å². The molecule has 0 aliphatic carbocycles. The van der Waals surface area contributed by atoms with Gasteiger partial charge in [-0.3, -0.25) is 0 Å². The molecule has 0 fully saturated rings. The zero-order valence-corrected chi connectivity index (χ0v) is 12.6. The largest absolute Gasteiger partial charge is 0.369 e. The second kappa shape index (κ2) is 6.13. The Morgan fingerprint density at radius 2 is 1.85 bits per heavy atom. The van der Waals surface area contributed by atoms with E-state index in [2.05, 4.69) is 36.5 Å². The van der Waals surface area contributed by atoms with E-state index in [1.807, 2.05) is 6.92 Å². The van der Waals surface area contributed by atoms with E-state index in [-0.39, 0.29) is 11.3 Å². The number of anilines is 3. The first-order valence-corrected chi connectivity index (χ1v) is 6.79. The molecule has 2 aromatic rings. The minimum Gasteiger partial charge on any atom is -0.369 e. The maximum Gasteiger partial charge on any atom is 0.150 e.